The highest BCUT2D eigenvalue weighted by molar-refractivity contribution is 5.03. The molecule has 0 radical (unpaired) electrons. The Hall–Kier alpha value is -0.480. The smallest absolute Gasteiger partial charge is 0.0603 e. The zero-order chi connectivity index (χ0) is 9.68. The molecule has 1 saturated heterocycles. The van der Waals surface area contributed by atoms with E-state index in [1.165, 1.54) is 25.8 Å². The average molecular weight is 179 g/mol. The Balaban J connectivity index is 2.31. The molecule has 74 valence electrons. The highest BCUT2D eigenvalue weighted by Gasteiger charge is 2.16. The van der Waals surface area contributed by atoms with Gasteiger partial charge in [-0.15, -0.1) is 0 Å². The molecule has 13 heavy (non-hydrogen) atoms. The molecule has 1 aliphatic rings. The maximum absolute atomic E-state index is 3.26. The fourth-order valence-corrected chi connectivity index (χ4v) is 1.74. The largest absolute Gasteiger partial charge is 0.290 e. The van der Waals surface area contributed by atoms with E-state index in [-0.39, 0.29) is 0 Å². The Bertz CT molecular complexity index is 197. The Labute approximate surface area is 82.5 Å². The third-order valence-corrected chi connectivity index (χ3v) is 2.61. The van der Waals surface area contributed by atoms with Crippen LogP contribution in [0.2, 0.25) is 0 Å². The lowest BCUT2D eigenvalue weighted by Gasteiger charge is -2.31. The van der Waals surface area contributed by atoms with Crippen LogP contribution in [0, 0.1) is 17.8 Å². The summed E-state index contributed by atoms with van der Waals surface area (Å²) in [6, 6.07) is 0.746. The highest BCUT2D eigenvalue weighted by atomic mass is 15.1. The lowest BCUT2D eigenvalue weighted by atomic mass is 10.0. The molecule has 0 N–H and O–H groups in total. The highest BCUT2D eigenvalue weighted by Crippen LogP contribution is 2.15. The van der Waals surface area contributed by atoms with Gasteiger partial charge in [0.2, 0.25) is 0 Å². The zero-order valence-corrected chi connectivity index (χ0v) is 9.14. The fraction of sp³-hybridized carbons (Fsp3) is 0.833. The monoisotopic (exact) mass is 179 g/mol. The van der Waals surface area contributed by atoms with E-state index >= 15 is 0 Å². The molecule has 0 spiro atoms. The summed E-state index contributed by atoms with van der Waals surface area (Å²) in [5, 5.41) is 0. The molecule has 1 nitrogen and oxygen atoms in total. The molecule has 1 atom stereocenters. The Morgan fingerprint density at radius 1 is 1.38 bits per heavy atom. The van der Waals surface area contributed by atoms with E-state index in [9.17, 15) is 0 Å². The minimum atomic E-state index is 0.514. The number of nitrogens with zero attached hydrogens (tertiary/aromatic N) is 1. The molecule has 1 rings (SSSR count). The second-order valence-electron chi connectivity index (χ2n) is 4.29. The Morgan fingerprint density at radius 3 is 2.77 bits per heavy atom. The molecule has 0 unspecified atom stereocenters. The van der Waals surface area contributed by atoms with Crippen molar-refractivity contribution in [1.29, 1.82) is 0 Å². The van der Waals surface area contributed by atoms with Crippen molar-refractivity contribution in [2.24, 2.45) is 5.92 Å². The van der Waals surface area contributed by atoms with Crippen LogP contribution in [0.25, 0.3) is 0 Å². The quantitative estimate of drug-likeness (QED) is 0.559. The van der Waals surface area contributed by atoms with Gasteiger partial charge in [-0.1, -0.05) is 32.1 Å². The van der Waals surface area contributed by atoms with Crippen molar-refractivity contribution in [1.82, 2.24) is 4.90 Å². The van der Waals surface area contributed by atoms with E-state index in [1.807, 2.05) is 0 Å². The number of hydrogen-bond donors (Lipinski definition) is 0. The van der Waals surface area contributed by atoms with Gasteiger partial charge < -0.3 is 0 Å². The van der Waals surface area contributed by atoms with Crippen molar-refractivity contribution in [3.63, 3.8) is 0 Å². The van der Waals surface area contributed by atoms with E-state index in [4.69, 9.17) is 0 Å². The van der Waals surface area contributed by atoms with Gasteiger partial charge in [0, 0.05) is 12.0 Å². The van der Waals surface area contributed by atoms with Crippen molar-refractivity contribution in [3.05, 3.63) is 0 Å². The molecule has 0 aromatic carbocycles. The van der Waals surface area contributed by atoms with Gasteiger partial charge in [-0.25, -0.2) is 0 Å². The van der Waals surface area contributed by atoms with E-state index in [0.29, 0.717) is 5.92 Å². The summed E-state index contributed by atoms with van der Waals surface area (Å²) in [6.45, 7) is 8.82. The lowest BCUT2D eigenvalue weighted by molar-refractivity contribution is 0.182. The molecular formula is C12H21N. The summed E-state index contributed by atoms with van der Waals surface area (Å²) in [5.74, 6) is 7.00. The number of piperidine rings is 1. The first kappa shape index (κ1) is 10.6. The fourth-order valence-electron chi connectivity index (χ4n) is 1.74. The predicted molar refractivity (Wildman–Crippen MR) is 57.5 cm³/mol. The minimum absolute atomic E-state index is 0.514. The van der Waals surface area contributed by atoms with Gasteiger partial charge in [-0.3, -0.25) is 4.90 Å². The summed E-state index contributed by atoms with van der Waals surface area (Å²) in [6.07, 6.45) is 4.10. The van der Waals surface area contributed by atoms with Gasteiger partial charge in [-0.05, 0) is 26.3 Å². The molecule has 0 aliphatic carbocycles. The standard InChI is InChI=1S/C12H21N/c1-11(2)7-6-10-13-9-5-4-8-12(13)3/h11-12H,4-5,8-10H2,1-3H3/t12-/m0/s1. The van der Waals surface area contributed by atoms with Gasteiger partial charge in [0.15, 0.2) is 0 Å². The lowest BCUT2D eigenvalue weighted by Crippen LogP contribution is -2.37. The number of rotatable bonds is 1. The zero-order valence-electron chi connectivity index (χ0n) is 9.14. The number of hydrogen-bond acceptors (Lipinski definition) is 1. The normalized spacial score (nSPS) is 24.2. The second kappa shape index (κ2) is 5.29. The Kier molecular flexibility index (Phi) is 4.32. The van der Waals surface area contributed by atoms with Crippen LogP contribution >= 0.6 is 0 Å². The van der Waals surface area contributed by atoms with Gasteiger partial charge in [-0.2, -0.15) is 0 Å². The number of likely N-dealkylation sites (tertiary alicyclic amines) is 1. The summed E-state index contributed by atoms with van der Waals surface area (Å²) in [5.41, 5.74) is 0. The second-order valence-corrected chi connectivity index (χ2v) is 4.29. The first-order chi connectivity index (χ1) is 6.20. The third kappa shape index (κ3) is 3.83. The van der Waals surface area contributed by atoms with Crippen molar-refractivity contribution < 1.29 is 0 Å². The first-order valence-corrected chi connectivity index (χ1v) is 5.42. The van der Waals surface area contributed by atoms with Gasteiger partial charge in [0.05, 0.1) is 6.54 Å². The van der Waals surface area contributed by atoms with Crippen LogP contribution in [0.15, 0.2) is 0 Å². The first-order valence-electron chi connectivity index (χ1n) is 5.42. The summed E-state index contributed by atoms with van der Waals surface area (Å²) in [7, 11) is 0. The van der Waals surface area contributed by atoms with Crippen LogP contribution in [0.5, 0.6) is 0 Å². The van der Waals surface area contributed by atoms with Crippen LogP contribution in [-0.2, 0) is 0 Å². The predicted octanol–water partition coefficient (Wildman–Crippen LogP) is 2.52. The summed E-state index contributed by atoms with van der Waals surface area (Å²) >= 11 is 0. The van der Waals surface area contributed by atoms with Crippen molar-refractivity contribution >= 4 is 0 Å². The van der Waals surface area contributed by atoms with Crippen LogP contribution in [-0.4, -0.2) is 24.0 Å². The van der Waals surface area contributed by atoms with Gasteiger partial charge >= 0.3 is 0 Å². The summed E-state index contributed by atoms with van der Waals surface area (Å²) < 4.78 is 0. The van der Waals surface area contributed by atoms with E-state index in [2.05, 4.69) is 37.5 Å². The molecule has 1 fully saturated rings. The van der Waals surface area contributed by atoms with E-state index in [1.54, 1.807) is 0 Å². The SMILES string of the molecule is CC(C)C#CCN1CCCC[C@@H]1C. The van der Waals surface area contributed by atoms with E-state index < -0.39 is 0 Å². The third-order valence-electron chi connectivity index (χ3n) is 2.61. The molecule has 1 aliphatic heterocycles. The van der Waals surface area contributed by atoms with Crippen molar-refractivity contribution in [2.45, 2.75) is 46.1 Å². The molecule has 1 heterocycles. The van der Waals surface area contributed by atoms with Gasteiger partial charge in [0.25, 0.3) is 0 Å². The molecule has 0 amide bonds. The molecule has 0 saturated carbocycles. The molecule has 1 heteroatoms. The van der Waals surface area contributed by atoms with E-state index in [0.717, 1.165) is 12.6 Å². The Morgan fingerprint density at radius 2 is 2.15 bits per heavy atom. The van der Waals surface area contributed by atoms with Gasteiger partial charge in [0.1, 0.15) is 0 Å². The van der Waals surface area contributed by atoms with Crippen molar-refractivity contribution in [2.75, 3.05) is 13.1 Å². The molecular weight excluding hydrogens is 158 g/mol. The maximum atomic E-state index is 3.26. The van der Waals surface area contributed by atoms with Crippen LogP contribution in [0.4, 0.5) is 0 Å². The molecule has 0 aromatic rings. The molecule has 0 aromatic heterocycles. The average Bonchev–Trinajstić information content (AvgIpc) is 2.08. The minimum Gasteiger partial charge on any atom is -0.290 e. The molecule has 0 bridgehead atoms. The van der Waals surface area contributed by atoms with Crippen molar-refractivity contribution in [3.8, 4) is 11.8 Å². The summed E-state index contributed by atoms with van der Waals surface area (Å²) in [4.78, 5) is 2.50. The maximum Gasteiger partial charge on any atom is 0.0603 e. The topological polar surface area (TPSA) is 3.24 Å². The van der Waals surface area contributed by atoms with Crippen LogP contribution in [0.1, 0.15) is 40.0 Å². The van der Waals surface area contributed by atoms with Crippen LogP contribution in [0.3, 0.4) is 0 Å². The van der Waals surface area contributed by atoms with Crippen LogP contribution < -0.4 is 0 Å².